The van der Waals surface area contributed by atoms with Crippen molar-refractivity contribution in [3.63, 3.8) is 0 Å². The predicted molar refractivity (Wildman–Crippen MR) is 104 cm³/mol. The molecule has 1 aromatic heterocycles. The number of halogens is 2. The van der Waals surface area contributed by atoms with Crippen LogP contribution in [0.25, 0.3) is 11.1 Å². The first-order valence-corrected chi connectivity index (χ1v) is 8.52. The fourth-order valence-corrected chi connectivity index (χ4v) is 2.61. The number of carbonyl (C=O) groups is 2. The van der Waals surface area contributed by atoms with Gasteiger partial charge in [-0.2, -0.15) is 0 Å². The monoisotopic (exact) mass is 399 g/mol. The van der Waals surface area contributed by atoms with Crippen LogP contribution in [0.4, 0.5) is 15.0 Å². The molecule has 2 aromatic carbocycles. The van der Waals surface area contributed by atoms with Gasteiger partial charge in [-0.25, -0.2) is 14.2 Å². The van der Waals surface area contributed by atoms with Crippen molar-refractivity contribution in [3.05, 3.63) is 77.2 Å². The number of nitrogens with zero attached hydrogens (tertiary/aromatic N) is 1. The Morgan fingerprint density at radius 3 is 2.39 bits per heavy atom. The zero-order valence-electron chi connectivity index (χ0n) is 14.7. The molecule has 0 saturated heterocycles. The van der Waals surface area contributed by atoms with E-state index in [-0.39, 0.29) is 17.1 Å². The number of nitrogens with one attached hydrogen (secondary N) is 2. The van der Waals surface area contributed by atoms with Crippen molar-refractivity contribution >= 4 is 29.4 Å². The topological polar surface area (TPSA) is 80.3 Å². The third-order valence-electron chi connectivity index (χ3n) is 3.83. The Kier molecular flexibility index (Phi) is 5.86. The van der Waals surface area contributed by atoms with Gasteiger partial charge in [-0.3, -0.25) is 15.4 Å². The molecular formula is C20H15ClFN3O3. The van der Waals surface area contributed by atoms with Crippen LogP contribution in [-0.2, 0) is 0 Å². The number of imide groups is 1. The van der Waals surface area contributed by atoms with Crippen LogP contribution in [0.3, 0.4) is 0 Å². The molecule has 3 rings (SSSR count). The van der Waals surface area contributed by atoms with Gasteiger partial charge in [0.2, 0.25) is 0 Å². The number of hydrogen-bond acceptors (Lipinski definition) is 4. The van der Waals surface area contributed by atoms with Gasteiger partial charge >= 0.3 is 6.03 Å². The predicted octanol–water partition coefficient (Wildman–Crippen LogP) is 4.51. The van der Waals surface area contributed by atoms with Gasteiger partial charge in [0, 0.05) is 16.8 Å². The maximum Gasteiger partial charge on any atom is 0.327 e. The Hall–Kier alpha value is -3.45. The summed E-state index contributed by atoms with van der Waals surface area (Å²) in [7, 11) is 1.30. The fourth-order valence-electron chi connectivity index (χ4n) is 2.49. The van der Waals surface area contributed by atoms with E-state index < -0.39 is 17.8 Å². The summed E-state index contributed by atoms with van der Waals surface area (Å²) < 4.78 is 18.9. The number of aromatic nitrogens is 1. The first kappa shape index (κ1) is 19.3. The number of urea groups is 1. The minimum Gasteiger partial charge on any atom is -0.496 e. The highest BCUT2D eigenvalue weighted by atomic mass is 35.5. The molecule has 2 N–H and O–H groups in total. The minimum atomic E-state index is -0.926. The maximum atomic E-state index is 13.9. The lowest BCUT2D eigenvalue weighted by molar-refractivity contribution is 0.0960. The molecular weight excluding hydrogens is 385 g/mol. The summed E-state index contributed by atoms with van der Waals surface area (Å²) in [6, 6.07) is 13.6. The average Bonchev–Trinajstić information content (AvgIpc) is 2.68. The van der Waals surface area contributed by atoms with Crippen molar-refractivity contribution < 1.29 is 18.7 Å². The molecule has 3 amide bonds. The van der Waals surface area contributed by atoms with Gasteiger partial charge in [0.1, 0.15) is 22.9 Å². The van der Waals surface area contributed by atoms with Crippen LogP contribution >= 0.6 is 11.6 Å². The van der Waals surface area contributed by atoms with Gasteiger partial charge in [0.15, 0.2) is 0 Å². The minimum absolute atomic E-state index is 0.0238. The van der Waals surface area contributed by atoms with Crippen molar-refractivity contribution in [1.82, 2.24) is 10.3 Å². The number of pyridine rings is 1. The molecule has 142 valence electrons. The smallest absolute Gasteiger partial charge is 0.327 e. The molecule has 28 heavy (non-hydrogen) atoms. The van der Waals surface area contributed by atoms with E-state index in [9.17, 15) is 14.0 Å². The summed E-state index contributed by atoms with van der Waals surface area (Å²) in [5.41, 5.74) is 1.38. The Morgan fingerprint density at radius 1 is 1.04 bits per heavy atom. The Bertz CT molecular complexity index is 1010. The Balaban J connectivity index is 1.67. The average molecular weight is 400 g/mol. The van der Waals surface area contributed by atoms with E-state index in [4.69, 9.17) is 16.3 Å². The van der Waals surface area contributed by atoms with Crippen LogP contribution in [0.15, 0.2) is 60.8 Å². The van der Waals surface area contributed by atoms with Crippen LogP contribution < -0.4 is 15.4 Å². The van der Waals surface area contributed by atoms with Crippen LogP contribution in [0, 0.1) is 5.82 Å². The Labute approximate surface area is 165 Å². The van der Waals surface area contributed by atoms with E-state index in [2.05, 4.69) is 10.3 Å². The van der Waals surface area contributed by atoms with Gasteiger partial charge in [0.25, 0.3) is 5.91 Å². The SMILES string of the molecule is COc1cccc(F)c1C(=O)NC(=O)Nc1ccc(-c2ccc(Cl)cc2)cn1. The second-order valence-electron chi connectivity index (χ2n) is 5.66. The number of anilines is 1. The third kappa shape index (κ3) is 4.44. The highest BCUT2D eigenvalue weighted by Crippen LogP contribution is 2.22. The van der Waals surface area contributed by atoms with E-state index in [0.29, 0.717) is 5.02 Å². The molecule has 0 radical (unpaired) electrons. The van der Waals surface area contributed by atoms with E-state index >= 15 is 0 Å². The molecule has 0 aliphatic carbocycles. The summed E-state index contributed by atoms with van der Waals surface area (Å²) >= 11 is 5.87. The summed E-state index contributed by atoms with van der Waals surface area (Å²) in [5.74, 6) is -1.47. The molecule has 0 aliphatic heterocycles. The number of hydrogen-bond donors (Lipinski definition) is 2. The van der Waals surface area contributed by atoms with E-state index in [0.717, 1.165) is 17.2 Å². The summed E-state index contributed by atoms with van der Waals surface area (Å²) in [6.45, 7) is 0. The number of methoxy groups -OCH3 is 1. The standard InChI is InChI=1S/C20H15ClFN3O3/c1-28-16-4-2-3-15(22)18(16)19(26)25-20(27)24-17-10-7-13(11-23-17)12-5-8-14(21)9-6-12/h2-11H,1H3,(H2,23,24,25,26,27). The van der Waals surface area contributed by atoms with Crippen molar-refractivity contribution in [2.24, 2.45) is 0 Å². The second-order valence-corrected chi connectivity index (χ2v) is 6.10. The number of amides is 3. The van der Waals surface area contributed by atoms with Crippen LogP contribution in [-0.4, -0.2) is 24.0 Å². The molecule has 1 heterocycles. The molecule has 0 unspecified atom stereocenters. The van der Waals surface area contributed by atoms with Crippen LogP contribution in [0.5, 0.6) is 5.75 Å². The number of rotatable bonds is 4. The van der Waals surface area contributed by atoms with Gasteiger partial charge in [-0.1, -0.05) is 29.8 Å². The molecule has 0 atom stereocenters. The van der Waals surface area contributed by atoms with Gasteiger partial charge in [-0.05, 0) is 42.0 Å². The largest absolute Gasteiger partial charge is 0.496 e. The van der Waals surface area contributed by atoms with Gasteiger partial charge in [0.05, 0.1) is 7.11 Å². The number of benzene rings is 2. The lowest BCUT2D eigenvalue weighted by atomic mass is 10.1. The lowest BCUT2D eigenvalue weighted by Gasteiger charge is -2.10. The summed E-state index contributed by atoms with van der Waals surface area (Å²) in [4.78, 5) is 28.4. The number of carbonyl (C=O) groups excluding carboxylic acids is 2. The van der Waals surface area contributed by atoms with Crippen LogP contribution in [0.1, 0.15) is 10.4 Å². The maximum absolute atomic E-state index is 13.9. The molecule has 0 aliphatic rings. The molecule has 0 saturated carbocycles. The molecule has 8 heteroatoms. The highest BCUT2D eigenvalue weighted by molar-refractivity contribution is 6.30. The second kappa shape index (κ2) is 8.49. The normalized spacial score (nSPS) is 10.2. The van der Waals surface area contributed by atoms with Crippen LogP contribution in [0.2, 0.25) is 5.02 Å². The summed E-state index contributed by atoms with van der Waals surface area (Å²) in [6.07, 6.45) is 1.57. The van der Waals surface area contributed by atoms with E-state index in [1.165, 1.54) is 19.2 Å². The Morgan fingerprint density at radius 2 is 1.75 bits per heavy atom. The number of ether oxygens (including phenoxy) is 1. The summed E-state index contributed by atoms with van der Waals surface area (Å²) in [5, 5.41) is 5.10. The highest BCUT2D eigenvalue weighted by Gasteiger charge is 2.19. The molecule has 0 spiro atoms. The van der Waals surface area contributed by atoms with Gasteiger partial charge < -0.3 is 4.74 Å². The lowest BCUT2D eigenvalue weighted by Crippen LogP contribution is -2.35. The molecule has 0 fully saturated rings. The van der Waals surface area contributed by atoms with E-state index in [1.807, 2.05) is 17.4 Å². The third-order valence-corrected chi connectivity index (χ3v) is 4.08. The fraction of sp³-hybridized carbons (Fsp3) is 0.0500. The molecule has 6 nitrogen and oxygen atoms in total. The molecule has 0 bridgehead atoms. The first-order chi connectivity index (χ1) is 13.5. The zero-order chi connectivity index (χ0) is 20.1. The first-order valence-electron chi connectivity index (χ1n) is 8.15. The van der Waals surface area contributed by atoms with Crippen molar-refractivity contribution in [1.29, 1.82) is 0 Å². The zero-order valence-corrected chi connectivity index (χ0v) is 15.5. The van der Waals surface area contributed by atoms with Gasteiger partial charge in [-0.15, -0.1) is 0 Å². The van der Waals surface area contributed by atoms with Crippen molar-refractivity contribution in [2.45, 2.75) is 0 Å². The molecule has 3 aromatic rings. The quantitative estimate of drug-likeness (QED) is 0.676. The van der Waals surface area contributed by atoms with Crippen molar-refractivity contribution in [2.75, 3.05) is 12.4 Å². The van der Waals surface area contributed by atoms with E-state index in [1.54, 1.807) is 30.5 Å². The van der Waals surface area contributed by atoms with Crippen molar-refractivity contribution in [3.8, 4) is 16.9 Å².